The number of nitrogens with two attached hydrogens (primary N) is 1. The Morgan fingerprint density at radius 2 is 1.86 bits per heavy atom. The fraction of sp³-hybridized carbons (Fsp3) is 0.333. The lowest BCUT2D eigenvalue weighted by Crippen LogP contribution is -2.13. The maximum absolute atomic E-state index is 5.71. The Kier molecular flexibility index (Phi) is 3.59. The van der Waals surface area contributed by atoms with Gasteiger partial charge in [0.2, 0.25) is 0 Å². The number of aryl methyl sites for hydroxylation is 1. The molecule has 2 aromatic carbocycles. The van der Waals surface area contributed by atoms with Gasteiger partial charge in [0.1, 0.15) is 0 Å². The molecule has 0 saturated heterocycles. The fourth-order valence-corrected chi connectivity index (χ4v) is 4.14. The number of rotatable bonds is 3. The maximum atomic E-state index is 5.71. The van der Waals surface area contributed by atoms with Crippen molar-refractivity contribution in [3.05, 3.63) is 70.8 Å². The summed E-state index contributed by atoms with van der Waals surface area (Å²) in [6.45, 7) is 0.790. The highest BCUT2D eigenvalue weighted by Crippen LogP contribution is 2.40. The van der Waals surface area contributed by atoms with Crippen LogP contribution in [0.3, 0.4) is 0 Å². The third-order valence-corrected chi connectivity index (χ3v) is 5.23. The van der Waals surface area contributed by atoms with Crippen molar-refractivity contribution in [2.45, 2.75) is 38.0 Å². The lowest BCUT2D eigenvalue weighted by Gasteiger charge is -2.28. The second kappa shape index (κ2) is 5.73. The number of allylic oxidation sites excluding steroid dienone is 2. The molecule has 4 rings (SSSR count). The van der Waals surface area contributed by atoms with Crippen LogP contribution in [-0.2, 0) is 19.3 Å². The van der Waals surface area contributed by atoms with Gasteiger partial charge in [-0.05, 0) is 72.0 Å². The highest BCUT2D eigenvalue weighted by Gasteiger charge is 2.23. The third-order valence-electron chi connectivity index (χ3n) is 5.23. The van der Waals surface area contributed by atoms with Crippen molar-refractivity contribution in [3.63, 3.8) is 0 Å². The molecule has 0 saturated carbocycles. The van der Waals surface area contributed by atoms with Crippen LogP contribution in [0.2, 0.25) is 0 Å². The molecule has 1 unspecified atom stereocenters. The lowest BCUT2D eigenvalue weighted by molar-refractivity contribution is 0.670. The zero-order valence-electron chi connectivity index (χ0n) is 13.0. The van der Waals surface area contributed by atoms with Gasteiger partial charge >= 0.3 is 0 Å². The summed E-state index contributed by atoms with van der Waals surface area (Å²) in [5, 5.41) is 0. The molecule has 22 heavy (non-hydrogen) atoms. The highest BCUT2D eigenvalue weighted by molar-refractivity contribution is 5.75. The van der Waals surface area contributed by atoms with E-state index in [4.69, 9.17) is 5.73 Å². The van der Waals surface area contributed by atoms with Crippen LogP contribution < -0.4 is 5.73 Å². The van der Waals surface area contributed by atoms with Crippen LogP contribution in [0.15, 0.2) is 48.6 Å². The Morgan fingerprint density at radius 1 is 0.955 bits per heavy atom. The molecular weight excluding hydrogens is 266 g/mol. The highest BCUT2D eigenvalue weighted by atomic mass is 14.5. The first-order valence-corrected chi connectivity index (χ1v) is 8.48. The molecule has 0 heterocycles. The minimum absolute atomic E-state index is 0.565. The van der Waals surface area contributed by atoms with Crippen molar-refractivity contribution < 1.29 is 0 Å². The molecule has 0 radical (unpaired) electrons. The Hall–Kier alpha value is -1.86. The first kappa shape index (κ1) is 13.8. The van der Waals surface area contributed by atoms with Gasteiger partial charge < -0.3 is 5.73 Å². The van der Waals surface area contributed by atoms with E-state index in [-0.39, 0.29) is 0 Å². The monoisotopic (exact) mass is 289 g/mol. The minimum Gasteiger partial charge on any atom is -0.330 e. The van der Waals surface area contributed by atoms with E-state index in [0.717, 1.165) is 19.4 Å². The van der Waals surface area contributed by atoms with Crippen LogP contribution in [0.25, 0.3) is 11.1 Å². The van der Waals surface area contributed by atoms with Gasteiger partial charge in [0.25, 0.3) is 0 Å². The summed E-state index contributed by atoms with van der Waals surface area (Å²) in [4.78, 5) is 0. The van der Waals surface area contributed by atoms with E-state index in [1.807, 2.05) is 0 Å². The number of hydrogen-bond donors (Lipinski definition) is 1. The molecule has 1 nitrogen and oxygen atoms in total. The van der Waals surface area contributed by atoms with Crippen molar-refractivity contribution in [1.82, 2.24) is 0 Å². The Bertz CT molecular complexity index is 727. The lowest BCUT2D eigenvalue weighted by atomic mass is 9.76. The standard InChI is InChI=1S/C21H23N/c22-14-4-7-15-6-3-9-19-18(15)12-13-20-17-8-2-1-5-16(17)10-11-21(19)20/h1-3,5-6,8,12-13,15H,4,7,9-11,14,22H2. The van der Waals surface area contributed by atoms with Gasteiger partial charge in [-0.1, -0.05) is 48.6 Å². The molecule has 0 spiro atoms. The summed E-state index contributed by atoms with van der Waals surface area (Å²) in [5.41, 5.74) is 14.9. The van der Waals surface area contributed by atoms with Crippen molar-refractivity contribution in [3.8, 4) is 11.1 Å². The van der Waals surface area contributed by atoms with Crippen molar-refractivity contribution >= 4 is 0 Å². The minimum atomic E-state index is 0.565. The molecule has 1 heteroatoms. The number of hydrogen-bond acceptors (Lipinski definition) is 1. The summed E-state index contributed by atoms with van der Waals surface area (Å²) >= 11 is 0. The molecule has 0 bridgehead atoms. The van der Waals surface area contributed by atoms with Crippen LogP contribution >= 0.6 is 0 Å². The summed E-state index contributed by atoms with van der Waals surface area (Å²) in [7, 11) is 0. The topological polar surface area (TPSA) is 26.0 Å². The SMILES string of the molecule is NCCCC1C=CCc2c1ccc1c2CCc2ccccc2-1. The maximum Gasteiger partial charge on any atom is 0.00215 e. The largest absolute Gasteiger partial charge is 0.330 e. The van der Waals surface area contributed by atoms with Gasteiger partial charge in [0.05, 0.1) is 0 Å². The van der Waals surface area contributed by atoms with Gasteiger partial charge in [-0.25, -0.2) is 0 Å². The summed E-state index contributed by atoms with van der Waals surface area (Å²) in [6.07, 6.45) is 10.5. The Morgan fingerprint density at radius 3 is 2.77 bits per heavy atom. The molecule has 0 amide bonds. The Labute approximate surface area is 132 Å². The summed E-state index contributed by atoms with van der Waals surface area (Å²) in [5.74, 6) is 0.565. The van der Waals surface area contributed by atoms with Gasteiger partial charge in [-0.3, -0.25) is 0 Å². The van der Waals surface area contributed by atoms with Crippen LogP contribution in [0.4, 0.5) is 0 Å². The molecule has 112 valence electrons. The average molecular weight is 289 g/mol. The van der Waals surface area contributed by atoms with Crippen molar-refractivity contribution in [1.29, 1.82) is 0 Å². The van der Waals surface area contributed by atoms with E-state index in [1.54, 1.807) is 16.7 Å². The molecule has 0 fully saturated rings. The van der Waals surface area contributed by atoms with Crippen LogP contribution in [-0.4, -0.2) is 6.54 Å². The molecular formula is C21H23N. The van der Waals surface area contributed by atoms with Crippen molar-refractivity contribution in [2.24, 2.45) is 5.73 Å². The van der Waals surface area contributed by atoms with Gasteiger partial charge in [-0.2, -0.15) is 0 Å². The van der Waals surface area contributed by atoms with Crippen molar-refractivity contribution in [2.75, 3.05) is 6.54 Å². The Balaban J connectivity index is 1.80. The van der Waals surface area contributed by atoms with Crippen LogP contribution in [0, 0.1) is 0 Å². The van der Waals surface area contributed by atoms with Crippen LogP contribution in [0.1, 0.15) is 41.0 Å². The van der Waals surface area contributed by atoms with Crippen LogP contribution in [0.5, 0.6) is 0 Å². The van der Waals surface area contributed by atoms with E-state index in [2.05, 4.69) is 48.6 Å². The zero-order chi connectivity index (χ0) is 14.9. The van der Waals surface area contributed by atoms with Gasteiger partial charge in [-0.15, -0.1) is 0 Å². The first-order chi connectivity index (χ1) is 10.9. The van der Waals surface area contributed by atoms with E-state index in [9.17, 15) is 0 Å². The summed E-state index contributed by atoms with van der Waals surface area (Å²) < 4.78 is 0. The molecule has 0 aromatic heterocycles. The van der Waals surface area contributed by atoms with E-state index in [0.29, 0.717) is 5.92 Å². The molecule has 2 N–H and O–H groups in total. The smallest absolute Gasteiger partial charge is 0.00215 e. The average Bonchev–Trinajstić information content (AvgIpc) is 2.59. The van der Waals surface area contributed by atoms with E-state index in [1.165, 1.54) is 36.0 Å². The normalized spacial score (nSPS) is 18.5. The predicted octanol–water partition coefficient (Wildman–Crippen LogP) is 4.39. The first-order valence-electron chi connectivity index (χ1n) is 8.48. The molecule has 2 aromatic rings. The number of fused-ring (bicyclic) bond motifs is 5. The predicted molar refractivity (Wildman–Crippen MR) is 93.2 cm³/mol. The quantitative estimate of drug-likeness (QED) is 0.833. The van der Waals surface area contributed by atoms with E-state index < -0.39 is 0 Å². The second-order valence-electron chi connectivity index (χ2n) is 6.49. The summed E-state index contributed by atoms with van der Waals surface area (Å²) in [6, 6.07) is 13.6. The molecule has 2 aliphatic rings. The number of benzene rings is 2. The fourth-order valence-electron chi connectivity index (χ4n) is 4.14. The third kappa shape index (κ3) is 2.21. The van der Waals surface area contributed by atoms with Gasteiger partial charge in [0, 0.05) is 5.92 Å². The molecule has 1 atom stereocenters. The molecule has 0 aliphatic heterocycles. The zero-order valence-corrected chi connectivity index (χ0v) is 13.0. The molecule has 2 aliphatic carbocycles. The second-order valence-corrected chi connectivity index (χ2v) is 6.49. The van der Waals surface area contributed by atoms with E-state index >= 15 is 0 Å². The van der Waals surface area contributed by atoms with Gasteiger partial charge in [0.15, 0.2) is 0 Å².